The number of piperidine rings is 1. The number of hydrogen-bond donors (Lipinski definition) is 2. The van der Waals surface area contributed by atoms with Crippen LogP contribution in [0.25, 0.3) is 0 Å². The molecule has 2 N–H and O–H groups in total. The minimum absolute atomic E-state index is 0.0296. The third kappa shape index (κ3) is 7.15. The first-order valence-electron chi connectivity index (χ1n) is 13.3. The minimum Gasteiger partial charge on any atom is -0.462 e. The number of carbonyl (C=O) groups excluding carboxylic acids is 2. The van der Waals surface area contributed by atoms with Gasteiger partial charge in [-0.25, -0.2) is 8.78 Å². The van der Waals surface area contributed by atoms with Gasteiger partial charge in [0.15, 0.2) is 0 Å². The van der Waals surface area contributed by atoms with E-state index in [0.717, 1.165) is 31.8 Å². The van der Waals surface area contributed by atoms with E-state index in [0.29, 0.717) is 44.7 Å². The van der Waals surface area contributed by atoms with Crippen molar-refractivity contribution in [2.24, 2.45) is 5.41 Å². The molecule has 2 aromatic rings. The van der Waals surface area contributed by atoms with Gasteiger partial charge in [0.25, 0.3) is 5.91 Å². The van der Waals surface area contributed by atoms with Gasteiger partial charge in [-0.3, -0.25) is 14.5 Å². The van der Waals surface area contributed by atoms with Gasteiger partial charge in [0, 0.05) is 31.3 Å². The summed E-state index contributed by atoms with van der Waals surface area (Å²) in [6, 6.07) is 12.8. The van der Waals surface area contributed by atoms with Crippen molar-refractivity contribution in [1.29, 1.82) is 0 Å². The van der Waals surface area contributed by atoms with Gasteiger partial charge in [0.05, 0.1) is 11.5 Å². The minimum atomic E-state index is -1.31. The van der Waals surface area contributed by atoms with Crippen LogP contribution in [0.4, 0.5) is 8.78 Å². The van der Waals surface area contributed by atoms with Crippen LogP contribution in [0.15, 0.2) is 48.5 Å². The van der Waals surface area contributed by atoms with Crippen LogP contribution in [-0.4, -0.2) is 76.9 Å². The van der Waals surface area contributed by atoms with Crippen LogP contribution in [0.2, 0.25) is 0 Å². The van der Waals surface area contributed by atoms with Crippen molar-refractivity contribution in [2.75, 3.05) is 32.8 Å². The molecule has 2 saturated heterocycles. The lowest BCUT2D eigenvalue weighted by Gasteiger charge is -2.40. The SMILES string of the molecule is O=C(c1cc(F)cc(F)c1)N1CCCCC2(CCN(Cc3ccccc3)CC2)C(=O)OC[C@@H](O)[C@@H](O)CC1. The van der Waals surface area contributed by atoms with Crippen molar-refractivity contribution < 1.29 is 33.3 Å². The molecule has 0 unspecified atom stereocenters. The van der Waals surface area contributed by atoms with Gasteiger partial charge in [-0.15, -0.1) is 0 Å². The number of esters is 1. The summed E-state index contributed by atoms with van der Waals surface area (Å²) in [6.07, 6.45) is 0.517. The molecule has 2 heterocycles. The predicted octanol–water partition coefficient (Wildman–Crippen LogP) is 3.53. The Morgan fingerprint density at radius 2 is 1.61 bits per heavy atom. The molecular formula is C29H36F2N2O5. The molecular weight excluding hydrogens is 494 g/mol. The van der Waals surface area contributed by atoms with Gasteiger partial charge in [-0.05, 0) is 62.9 Å². The van der Waals surface area contributed by atoms with Crippen LogP contribution in [0.5, 0.6) is 0 Å². The quantitative estimate of drug-likeness (QED) is 0.591. The standard InChI is InChI=1S/C29H36F2N2O5/c30-23-16-22(17-24(31)18-23)27(36)33-12-5-4-9-29(28(37)38-20-26(35)25(34)8-13-33)10-14-32(15-11-29)19-21-6-2-1-3-7-21/h1-3,6-7,16-18,25-26,34-35H,4-5,8-15,19-20H2/t25-,26+/m0/s1. The van der Waals surface area contributed by atoms with Crippen molar-refractivity contribution in [3.63, 3.8) is 0 Å². The van der Waals surface area contributed by atoms with Gasteiger partial charge >= 0.3 is 5.97 Å². The van der Waals surface area contributed by atoms with Gasteiger partial charge in [0.2, 0.25) is 0 Å². The van der Waals surface area contributed by atoms with E-state index in [4.69, 9.17) is 4.74 Å². The monoisotopic (exact) mass is 530 g/mol. The van der Waals surface area contributed by atoms with Crippen molar-refractivity contribution in [3.8, 4) is 0 Å². The fourth-order valence-corrected chi connectivity index (χ4v) is 5.38. The van der Waals surface area contributed by atoms with E-state index in [2.05, 4.69) is 17.0 Å². The second kappa shape index (κ2) is 12.8. The Balaban J connectivity index is 1.45. The number of benzene rings is 2. The number of likely N-dealkylation sites (tertiary alicyclic amines) is 1. The molecule has 9 heteroatoms. The maximum atomic E-state index is 13.7. The highest BCUT2D eigenvalue weighted by atomic mass is 19.1. The Hall–Kier alpha value is -2.88. The molecule has 2 atom stereocenters. The van der Waals surface area contributed by atoms with Gasteiger partial charge in [-0.2, -0.15) is 0 Å². The van der Waals surface area contributed by atoms with E-state index in [9.17, 15) is 28.6 Å². The zero-order chi connectivity index (χ0) is 27.1. The molecule has 38 heavy (non-hydrogen) atoms. The summed E-state index contributed by atoms with van der Waals surface area (Å²) in [5.41, 5.74) is 0.399. The molecule has 7 nitrogen and oxygen atoms in total. The normalized spacial score (nSPS) is 23.7. The number of amides is 1. The zero-order valence-corrected chi connectivity index (χ0v) is 21.5. The molecule has 0 aliphatic carbocycles. The van der Waals surface area contributed by atoms with Crippen molar-refractivity contribution in [2.45, 2.75) is 57.3 Å². The number of ether oxygens (including phenoxy) is 1. The Bertz CT molecular complexity index is 1070. The Labute approximate surface area is 222 Å². The molecule has 2 aliphatic rings. The molecule has 1 spiro atoms. The molecule has 2 aromatic carbocycles. The molecule has 0 bridgehead atoms. The lowest BCUT2D eigenvalue weighted by molar-refractivity contribution is -0.165. The van der Waals surface area contributed by atoms with E-state index in [1.54, 1.807) is 0 Å². The lowest BCUT2D eigenvalue weighted by atomic mass is 9.74. The zero-order valence-electron chi connectivity index (χ0n) is 21.5. The topological polar surface area (TPSA) is 90.3 Å². The van der Waals surface area contributed by atoms with Crippen molar-refractivity contribution >= 4 is 11.9 Å². The first-order valence-corrected chi connectivity index (χ1v) is 13.3. The maximum Gasteiger partial charge on any atom is 0.312 e. The van der Waals surface area contributed by atoms with Gasteiger partial charge in [0.1, 0.15) is 24.3 Å². The number of carbonyl (C=O) groups is 2. The number of rotatable bonds is 3. The summed E-state index contributed by atoms with van der Waals surface area (Å²) >= 11 is 0. The average molecular weight is 531 g/mol. The highest BCUT2D eigenvalue weighted by molar-refractivity contribution is 5.94. The highest BCUT2D eigenvalue weighted by Gasteiger charge is 2.42. The molecule has 0 saturated carbocycles. The predicted molar refractivity (Wildman–Crippen MR) is 137 cm³/mol. The van der Waals surface area contributed by atoms with Gasteiger partial charge < -0.3 is 19.8 Å². The Morgan fingerprint density at radius 3 is 2.29 bits per heavy atom. The number of cyclic esters (lactones) is 1. The summed E-state index contributed by atoms with van der Waals surface area (Å²) in [6.45, 7) is 2.30. The van der Waals surface area contributed by atoms with Crippen LogP contribution in [0.3, 0.4) is 0 Å². The summed E-state index contributed by atoms with van der Waals surface area (Å²) in [4.78, 5) is 30.1. The maximum absolute atomic E-state index is 13.7. The van der Waals surface area contributed by atoms with E-state index < -0.39 is 35.2 Å². The third-order valence-corrected chi connectivity index (χ3v) is 7.75. The second-order valence-electron chi connectivity index (χ2n) is 10.5. The lowest BCUT2D eigenvalue weighted by Crippen LogP contribution is -2.45. The Morgan fingerprint density at radius 1 is 0.921 bits per heavy atom. The number of aliphatic hydroxyl groups excluding tert-OH is 2. The van der Waals surface area contributed by atoms with E-state index in [1.807, 2.05) is 18.2 Å². The van der Waals surface area contributed by atoms with Gasteiger partial charge in [-0.1, -0.05) is 36.8 Å². The molecule has 2 aliphatic heterocycles. The number of nitrogens with zero attached hydrogens (tertiary/aromatic N) is 2. The fourth-order valence-electron chi connectivity index (χ4n) is 5.38. The smallest absolute Gasteiger partial charge is 0.312 e. The van der Waals surface area contributed by atoms with Crippen LogP contribution >= 0.6 is 0 Å². The highest BCUT2D eigenvalue weighted by Crippen LogP contribution is 2.38. The molecule has 206 valence electrons. The van der Waals surface area contributed by atoms with Crippen LogP contribution in [-0.2, 0) is 16.1 Å². The molecule has 0 aromatic heterocycles. The molecule has 2 fully saturated rings. The second-order valence-corrected chi connectivity index (χ2v) is 10.5. The van der Waals surface area contributed by atoms with Crippen LogP contribution in [0.1, 0.15) is 54.4 Å². The van der Waals surface area contributed by atoms with E-state index >= 15 is 0 Å². The Kier molecular flexibility index (Phi) is 9.46. The molecule has 4 rings (SSSR count). The van der Waals surface area contributed by atoms with Crippen LogP contribution in [0, 0.1) is 17.0 Å². The fraction of sp³-hybridized carbons (Fsp3) is 0.517. The first kappa shape index (κ1) is 28.1. The van der Waals surface area contributed by atoms with Crippen molar-refractivity contribution in [3.05, 3.63) is 71.3 Å². The summed E-state index contributed by atoms with van der Waals surface area (Å²) < 4.78 is 33.0. The van der Waals surface area contributed by atoms with Crippen LogP contribution < -0.4 is 0 Å². The summed E-state index contributed by atoms with van der Waals surface area (Å²) in [5, 5.41) is 20.9. The average Bonchev–Trinajstić information content (AvgIpc) is 2.91. The van der Waals surface area contributed by atoms with E-state index in [-0.39, 0.29) is 31.1 Å². The first-order chi connectivity index (χ1) is 18.3. The summed E-state index contributed by atoms with van der Waals surface area (Å²) in [5.74, 6) is -2.58. The van der Waals surface area contributed by atoms with E-state index in [1.165, 1.54) is 10.5 Å². The number of halogens is 2. The molecule has 1 amide bonds. The number of aliphatic hydroxyl groups is 2. The summed E-state index contributed by atoms with van der Waals surface area (Å²) in [7, 11) is 0. The van der Waals surface area contributed by atoms with Crippen molar-refractivity contribution in [1.82, 2.24) is 9.80 Å². The largest absolute Gasteiger partial charge is 0.462 e. The number of hydrogen-bond acceptors (Lipinski definition) is 6. The third-order valence-electron chi connectivity index (χ3n) is 7.75. The molecule has 0 radical (unpaired) electrons.